The third-order valence-electron chi connectivity index (χ3n) is 6.72. The van der Waals surface area contributed by atoms with Crippen LogP contribution in [-0.4, -0.2) is 30.2 Å². The Morgan fingerprint density at radius 1 is 1.05 bits per heavy atom. The minimum Gasteiger partial charge on any atom is -0.365 e. The van der Waals surface area contributed by atoms with Crippen LogP contribution < -0.4 is 5.32 Å². The van der Waals surface area contributed by atoms with E-state index in [1.54, 1.807) is 30.5 Å². The van der Waals surface area contributed by atoms with E-state index >= 15 is 0 Å². The molecule has 1 aromatic carbocycles. The van der Waals surface area contributed by atoms with Gasteiger partial charge in [-0.1, -0.05) is 38.1 Å². The van der Waals surface area contributed by atoms with Crippen molar-refractivity contribution in [1.82, 2.24) is 24.5 Å². The first-order valence-electron chi connectivity index (χ1n) is 12.6. The molecule has 39 heavy (non-hydrogen) atoms. The quantitative estimate of drug-likeness (QED) is 0.273. The van der Waals surface area contributed by atoms with Gasteiger partial charge in [0, 0.05) is 48.4 Å². The Morgan fingerprint density at radius 2 is 1.79 bits per heavy atom. The van der Waals surface area contributed by atoms with E-state index in [2.05, 4.69) is 15.3 Å². The van der Waals surface area contributed by atoms with Crippen molar-refractivity contribution in [2.75, 3.05) is 5.32 Å². The average Bonchev–Trinajstić information content (AvgIpc) is 3.29. The fourth-order valence-corrected chi connectivity index (χ4v) is 4.85. The maximum atomic E-state index is 14.7. The Labute approximate surface area is 222 Å². The van der Waals surface area contributed by atoms with Crippen LogP contribution in [0.1, 0.15) is 60.7 Å². The Morgan fingerprint density at radius 3 is 2.46 bits per heavy atom. The molecule has 0 saturated heterocycles. The molecule has 4 aromatic rings. The van der Waals surface area contributed by atoms with Crippen LogP contribution in [-0.2, 0) is 26.2 Å². The normalized spacial score (nSPS) is 13.6. The molecule has 0 atom stereocenters. The summed E-state index contributed by atoms with van der Waals surface area (Å²) in [6, 6.07) is 7.04. The molecule has 5 rings (SSSR count). The minimum absolute atomic E-state index is 0.109. The number of rotatable bonds is 6. The van der Waals surface area contributed by atoms with Crippen molar-refractivity contribution in [3.05, 3.63) is 76.8 Å². The van der Waals surface area contributed by atoms with E-state index in [1.807, 2.05) is 13.8 Å². The predicted molar refractivity (Wildman–Crippen MR) is 140 cm³/mol. The number of hydrogen-bond acceptors (Lipinski definition) is 6. The number of pyridine rings is 1. The molecule has 3 aromatic heterocycles. The topological polar surface area (TPSA) is 92.4 Å². The van der Waals surface area contributed by atoms with Crippen LogP contribution in [0.5, 0.6) is 0 Å². The number of fused-ring (bicyclic) bond motifs is 1. The van der Waals surface area contributed by atoms with Gasteiger partial charge in [-0.3, -0.25) is 4.98 Å². The molecule has 0 aliphatic heterocycles. The molecule has 11 heteroatoms. The summed E-state index contributed by atoms with van der Waals surface area (Å²) in [5.74, 6) is 0.534. The summed E-state index contributed by atoms with van der Waals surface area (Å²) in [5, 5.41) is 11.8. The highest BCUT2D eigenvalue weighted by Gasteiger charge is 2.34. The third-order valence-corrected chi connectivity index (χ3v) is 6.72. The van der Waals surface area contributed by atoms with Crippen LogP contribution in [0, 0.1) is 11.2 Å². The highest BCUT2D eigenvalue weighted by molar-refractivity contribution is 6.04. The minimum atomic E-state index is -4.51. The highest BCUT2D eigenvalue weighted by atomic mass is 19.4. The number of alkyl halides is 3. The lowest BCUT2D eigenvalue weighted by Gasteiger charge is -2.22. The molecule has 0 bridgehead atoms. The molecule has 0 spiro atoms. The summed E-state index contributed by atoms with van der Waals surface area (Å²) in [6.07, 6.45) is 1.30. The highest BCUT2D eigenvalue weighted by Crippen LogP contribution is 2.34. The summed E-state index contributed by atoms with van der Waals surface area (Å²) in [4.78, 5) is 17.2. The van der Waals surface area contributed by atoms with Gasteiger partial charge in [0.1, 0.15) is 17.5 Å². The number of anilines is 1. The summed E-state index contributed by atoms with van der Waals surface area (Å²) >= 11 is 0. The smallest absolute Gasteiger partial charge is 0.365 e. The number of benzene rings is 1. The molecular weight excluding hydrogens is 510 g/mol. The van der Waals surface area contributed by atoms with Crippen LogP contribution in [0.2, 0.25) is 0 Å². The van der Waals surface area contributed by atoms with Crippen LogP contribution >= 0.6 is 0 Å². The first-order valence-corrected chi connectivity index (χ1v) is 12.6. The Bertz CT molecular complexity index is 1540. The Kier molecular flexibility index (Phi) is 6.92. The third kappa shape index (κ3) is 5.25. The van der Waals surface area contributed by atoms with Crippen LogP contribution in [0.3, 0.4) is 0 Å². The largest absolute Gasteiger partial charge is 0.434 e. The van der Waals surface area contributed by atoms with E-state index < -0.39 is 17.7 Å². The van der Waals surface area contributed by atoms with Crippen molar-refractivity contribution in [2.45, 2.75) is 51.7 Å². The summed E-state index contributed by atoms with van der Waals surface area (Å²) in [7, 11) is 1.52. The molecule has 0 fully saturated rings. The van der Waals surface area contributed by atoms with E-state index in [0.717, 1.165) is 23.9 Å². The maximum Gasteiger partial charge on any atom is 0.434 e. The van der Waals surface area contributed by atoms with Gasteiger partial charge in [0.05, 0.1) is 17.5 Å². The van der Waals surface area contributed by atoms with Gasteiger partial charge in [-0.2, -0.15) is 13.2 Å². The van der Waals surface area contributed by atoms with E-state index in [0.29, 0.717) is 59.0 Å². The van der Waals surface area contributed by atoms with Crippen molar-refractivity contribution in [1.29, 1.82) is 5.41 Å². The molecule has 2 N–H and O–H groups in total. The van der Waals surface area contributed by atoms with Crippen LogP contribution in [0.4, 0.5) is 23.4 Å². The van der Waals surface area contributed by atoms with Crippen molar-refractivity contribution in [3.8, 4) is 22.8 Å². The van der Waals surface area contributed by atoms with Gasteiger partial charge in [0.25, 0.3) is 0 Å². The standard InChI is InChI=1S/C28H27F4N7/c1-15(2)23-18(12-34-13-19(23)29)25-36-21-6-4-5-20(33)24(21)26(38-25)35-11-16-7-9-17(10-8-16)27-37-22(14-39(27)3)28(30,31)32/h7-10,12-15,33H,4-6,11H2,1-3H3,(H,35,36,38). The van der Waals surface area contributed by atoms with Gasteiger partial charge in [0.15, 0.2) is 11.5 Å². The van der Waals surface area contributed by atoms with Crippen molar-refractivity contribution in [2.24, 2.45) is 7.05 Å². The van der Waals surface area contributed by atoms with Gasteiger partial charge in [0.2, 0.25) is 0 Å². The predicted octanol–water partition coefficient (Wildman–Crippen LogP) is 6.54. The van der Waals surface area contributed by atoms with Crippen molar-refractivity contribution >= 4 is 11.5 Å². The summed E-state index contributed by atoms with van der Waals surface area (Å²) in [5.41, 5.74) is 3.32. The second kappa shape index (κ2) is 10.2. The Balaban J connectivity index is 1.45. The second-order valence-corrected chi connectivity index (χ2v) is 9.90. The number of nitrogens with zero attached hydrogens (tertiary/aromatic N) is 5. The zero-order valence-corrected chi connectivity index (χ0v) is 21.7. The number of nitrogens with one attached hydrogen (secondary N) is 2. The molecule has 202 valence electrons. The van der Waals surface area contributed by atoms with E-state index in [1.165, 1.54) is 17.8 Å². The van der Waals surface area contributed by atoms with Gasteiger partial charge in [-0.15, -0.1) is 0 Å². The SMILES string of the molecule is CC(C)c1c(F)cncc1-c1nc2c(c(NCc3ccc(-c4nc(C(F)(F)F)cn4C)cc3)n1)C(=N)CCC2. The van der Waals surface area contributed by atoms with Gasteiger partial charge in [-0.25, -0.2) is 19.3 Å². The van der Waals surface area contributed by atoms with Crippen LogP contribution in [0.15, 0.2) is 42.9 Å². The van der Waals surface area contributed by atoms with E-state index in [9.17, 15) is 17.6 Å². The molecule has 0 saturated carbocycles. The maximum absolute atomic E-state index is 14.7. The zero-order chi connectivity index (χ0) is 27.9. The van der Waals surface area contributed by atoms with Crippen molar-refractivity contribution < 1.29 is 17.6 Å². The lowest BCUT2D eigenvalue weighted by atomic mass is 9.93. The molecule has 1 aliphatic carbocycles. The van der Waals surface area contributed by atoms with Gasteiger partial charge < -0.3 is 15.3 Å². The monoisotopic (exact) mass is 537 g/mol. The number of aryl methyl sites for hydroxylation is 2. The van der Waals surface area contributed by atoms with E-state index in [4.69, 9.17) is 15.4 Å². The number of halogens is 4. The molecular formula is C28H27F4N7. The summed E-state index contributed by atoms with van der Waals surface area (Å²) in [6.45, 7) is 4.14. The first-order chi connectivity index (χ1) is 18.5. The second-order valence-electron chi connectivity index (χ2n) is 9.90. The molecule has 0 radical (unpaired) electrons. The number of hydrogen-bond donors (Lipinski definition) is 2. The fraction of sp³-hybridized carbons (Fsp3) is 0.321. The lowest BCUT2D eigenvalue weighted by Crippen LogP contribution is -2.19. The molecule has 0 amide bonds. The fourth-order valence-electron chi connectivity index (χ4n) is 4.85. The zero-order valence-electron chi connectivity index (χ0n) is 21.7. The van der Waals surface area contributed by atoms with Crippen LogP contribution in [0.25, 0.3) is 22.8 Å². The Hall–Kier alpha value is -4.15. The number of imidazole rings is 1. The van der Waals surface area contributed by atoms with E-state index in [-0.39, 0.29) is 11.7 Å². The molecule has 0 unspecified atom stereocenters. The van der Waals surface area contributed by atoms with Gasteiger partial charge >= 0.3 is 6.18 Å². The number of aromatic nitrogens is 5. The lowest BCUT2D eigenvalue weighted by molar-refractivity contribution is -0.140. The molecule has 1 aliphatic rings. The van der Waals surface area contributed by atoms with Crippen molar-refractivity contribution in [3.63, 3.8) is 0 Å². The summed E-state index contributed by atoms with van der Waals surface area (Å²) < 4.78 is 55.2. The van der Waals surface area contributed by atoms with Gasteiger partial charge in [-0.05, 0) is 30.7 Å². The molecule has 7 nitrogen and oxygen atoms in total. The first kappa shape index (κ1) is 26.5. The average molecular weight is 538 g/mol. The molecule has 3 heterocycles.